The Balaban J connectivity index is 2.37. The van der Waals surface area contributed by atoms with Crippen LogP contribution in [0.15, 0.2) is 12.3 Å². The van der Waals surface area contributed by atoms with Crippen LogP contribution in [0, 0.1) is 0 Å². The summed E-state index contributed by atoms with van der Waals surface area (Å²) in [6.07, 6.45) is 3.04. The summed E-state index contributed by atoms with van der Waals surface area (Å²) in [4.78, 5) is 11.0. The summed E-state index contributed by atoms with van der Waals surface area (Å²) in [6.45, 7) is 5.22. The van der Waals surface area contributed by atoms with Crippen molar-refractivity contribution in [2.75, 3.05) is 13.6 Å². The van der Waals surface area contributed by atoms with Crippen molar-refractivity contribution >= 4 is 5.91 Å². The van der Waals surface area contributed by atoms with Crippen LogP contribution in [0.25, 0.3) is 0 Å². The number of nitrogens with zero attached hydrogens (tertiary/aromatic N) is 2. The van der Waals surface area contributed by atoms with Crippen molar-refractivity contribution < 1.29 is 4.79 Å². The van der Waals surface area contributed by atoms with E-state index >= 15 is 0 Å². The summed E-state index contributed by atoms with van der Waals surface area (Å²) in [7, 11) is 1.63. The van der Waals surface area contributed by atoms with Crippen LogP contribution < -0.4 is 10.6 Å². The van der Waals surface area contributed by atoms with Gasteiger partial charge in [0.2, 0.25) is 5.91 Å². The van der Waals surface area contributed by atoms with Gasteiger partial charge in [0, 0.05) is 25.8 Å². The average molecular weight is 224 g/mol. The number of likely N-dealkylation sites (N-methyl/N-ethyl adjacent to an activating group) is 1. The largest absolute Gasteiger partial charge is 0.358 e. The third-order valence-corrected chi connectivity index (χ3v) is 2.58. The van der Waals surface area contributed by atoms with E-state index in [-0.39, 0.29) is 5.91 Å². The number of nitrogens with one attached hydrogen (secondary N) is 2. The SMILES string of the molecule is CCC(C)n1ccc(CNCC(=O)NC)n1. The van der Waals surface area contributed by atoms with Crippen molar-refractivity contribution in [1.82, 2.24) is 20.4 Å². The van der Waals surface area contributed by atoms with Crippen LogP contribution in [-0.4, -0.2) is 29.3 Å². The molecule has 0 aliphatic rings. The third-order valence-electron chi connectivity index (χ3n) is 2.58. The summed E-state index contributed by atoms with van der Waals surface area (Å²) in [5, 5.41) is 10.0. The van der Waals surface area contributed by atoms with Crippen LogP contribution in [0.4, 0.5) is 0 Å². The first kappa shape index (κ1) is 12.7. The molecule has 0 aliphatic heterocycles. The highest BCUT2D eigenvalue weighted by molar-refractivity contribution is 5.77. The van der Waals surface area contributed by atoms with Crippen LogP contribution in [0.5, 0.6) is 0 Å². The fourth-order valence-corrected chi connectivity index (χ4v) is 1.30. The molecule has 0 spiro atoms. The summed E-state index contributed by atoms with van der Waals surface area (Å²) in [6, 6.07) is 2.40. The number of carbonyl (C=O) groups excluding carboxylic acids is 1. The van der Waals surface area contributed by atoms with E-state index in [9.17, 15) is 4.79 Å². The zero-order valence-corrected chi connectivity index (χ0v) is 10.2. The highest BCUT2D eigenvalue weighted by atomic mass is 16.1. The molecule has 1 aromatic heterocycles. The average Bonchev–Trinajstić information content (AvgIpc) is 2.76. The maximum atomic E-state index is 11.0. The van der Waals surface area contributed by atoms with E-state index in [1.807, 2.05) is 16.9 Å². The Morgan fingerprint density at radius 2 is 2.38 bits per heavy atom. The lowest BCUT2D eigenvalue weighted by molar-refractivity contribution is -0.119. The van der Waals surface area contributed by atoms with Crippen molar-refractivity contribution in [3.05, 3.63) is 18.0 Å². The molecule has 0 aliphatic carbocycles. The fraction of sp³-hybridized carbons (Fsp3) is 0.636. The molecule has 0 saturated heterocycles. The van der Waals surface area contributed by atoms with E-state index in [4.69, 9.17) is 0 Å². The summed E-state index contributed by atoms with van der Waals surface area (Å²) < 4.78 is 1.96. The Bertz CT molecular complexity index is 334. The molecule has 90 valence electrons. The van der Waals surface area contributed by atoms with Gasteiger partial charge in [0.25, 0.3) is 0 Å². The Morgan fingerprint density at radius 3 is 3.00 bits per heavy atom. The molecule has 0 bridgehead atoms. The van der Waals surface area contributed by atoms with Crippen LogP contribution >= 0.6 is 0 Å². The van der Waals surface area contributed by atoms with Gasteiger partial charge < -0.3 is 10.6 Å². The lowest BCUT2D eigenvalue weighted by atomic mass is 10.3. The molecular formula is C11H20N4O. The fourth-order valence-electron chi connectivity index (χ4n) is 1.30. The van der Waals surface area contributed by atoms with Gasteiger partial charge in [-0.3, -0.25) is 9.48 Å². The minimum Gasteiger partial charge on any atom is -0.358 e. The maximum Gasteiger partial charge on any atom is 0.233 e. The van der Waals surface area contributed by atoms with E-state index in [2.05, 4.69) is 29.6 Å². The summed E-state index contributed by atoms with van der Waals surface area (Å²) >= 11 is 0. The van der Waals surface area contributed by atoms with Crippen LogP contribution in [0.1, 0.15) is 32.0 Å². The molecule has 1 atom stereocenters. The van der Waals surface area contributed by atoms with Crippen molar-refractivity contribution in [2.24, 2.45) is 0 Å². The number of rotatable bonds is 6. The highest BCUT2D eigenvalue weighted by Gasteiger charge is 2.04. The lowest BCUT2D eigenvalue weighted by Gasteiger charge is -2.08. The Kier molecular flexibility index (Phi) is 4.98. The van der Waals surface area contributed by atoms with Gasteiger partial charge in [0.05, 0.1) is 12.2 Å². The quantitative estimate of drug-likeness (QED) is 0.747. The van der Waals surface area contributed by atoms with Gasteiger partial charge in [-0.15, -0.1) is 0 Å². The van der Waals surface area contributed by atoms with Gasteiger partial charge in [-0.1, -0.05) is 6.92 Å². The molecule has 1 amide bonds. The molecule has 1 rings (SSSR count). The normalized spacial score (nSPS) is 12.4. The van der Waals surface area contributed by atoms with Crippen LogP contribution in [0.2, 0.25) is 0 Å². The molecule has 0 fully saturated rings. The van der Waals surface area contributed by atoms with Gasteiger partial charge in [-0.05, 0) is 19.4 Å². The molecule has 2 N–H and O–H groups in total. The zero-order chi connectivity index (χ0) is 12.0. The summed E-state index contributed by atoms with van der Waals surface area (Å²) in [5.41, 5.74) is 0.962. The molecule has 1 heterocycles. The maximum absolute atomic E-state index is 11.0. The smallest absolute Gasteiger partial charge is 0.233 e. The number of aromatic nitrogens is 2. The van der Waals surface area contributed by atoms with Gasteiger partial charge >= 0.3 is 0 Å². The number of carbonyl (C=O) groups is 1. The van der Waals surface area contributed by atoms with Gasteiger partial charge in [0.15, 0.2) is 0 Å². The van der Waals surface area contributed by atoms with Gasteiger partial charge in [-0.2, -0.15) is 5.10 Å². The topological polar surface area (TPSA) is 59.0 Å². The monoisotopic (exact) mass is 224 g/mol. The lowest BCUT2D eigenvalue weighted by Crippen LogP contribution is -2.31. The van der Waals surface area contributed by atoms with E-state index in [0.717, 1.165) is 12.1 Å². The highest BCUT2D eigenvalue weighted by Crippen LogP contribution is 2.08. The van der Waals surface area contributed by atoms with Gasteiger partial charge in [-0.25, -0.2) is 0 Å². The molecule has 1 aromatic rings. The number of hydrogen-bond donors (Lipinski definition) is 2. The Labute approximate surface area is 96.2 Å². The standard InChI is InChI=1S/C11H20N4O/c1-4-9(2)15-6-5-10(14-15)7-13-8-11(16)12-3/h5-6,9,13H,4,7-8H2,1-3H3,(H,12,16). The molecule has 16 heavy (non-hydrogen) atoms. The zero-order valence-electron chi connectivity index (χ0n) is 10.2. The second-order valence-electron chi connectivity index (χ2n) is 3.82. The van der Waals surface area contributed by atoms with Crippen molar-refractivity contribution in [3.8, 4) is 0 Å². The molecule has 1 unspecified atom stereocenters. The van der Waals surface area contributed by atoms with Gasteiger partial charge in [0.1, 0.15) is 0 Å². The first-order valence-electron chi connectivity index (χ1n) is 5.62. The molecule has 0 aromatic carbocycles. The van der Waals surface area contributed by atoms with Crippen LogP contribution in [-0.2, 0) is 11.3 Å². The number of amides is 1. The molecule has 0 radical (unpaired) electrons. The van der Waals surface area contributed by atoms with E-state index in [1.165, 1.54) is 0 Å². The molecular weight excluding hydrogens is 204 g/mol. The predicted molar refractivity (Wildman–Crippen MR) is 63.0 cm³/mol. The Hall–Kier alpha value is -1.36. The minimum absolute atomic E-state index is 0.0126. The summed E-state index contributed by atoms with van der Waals surface area (Å²) in [5.74, 6) is -0.0126. The molecule has 0 saturated carbocycles. The third kappa shape index (κ3) is 3.66. The van der Waals surface area contributed by atoms with E-state index < -0.39 is 0 Å². The minimum atomic E-state index is -0.0126. The second kappa shape index (κ2) is 6.27. The first-order chi connectivity index (χ1) is 7.67. The van der Waals surface area contributed by atoms with Crippen LogP contribution in [0.3, 0.4) is 0 Å². The van der Waals surface area contributed by atoms with E-state index in [0.29, 0.717) is 19.1 Å². The molecule has 5 nitrogen and oxygen atoms in total. The van der Waals surface area contributed by atoms with Crippen molar-refractivity contribution in [3.63, 3.8) is 0 Å². The predicted octanol–water partition coefficient (Wildman–Crippen LogP) is 0.690. The molecule has 5 heteroatoms. The van der Waals surface area contributed by atoms with Crippen molar-refractivity contribution in [2.45, 2.75) is 32.9 Å². The number of hydrogen-bond acceptors (Lipinski definition) is 3. The Morgan fingerprint density at radius 1 is 1.62 bits per heavy atom. The first-order valence-corrected chi connectivity index (χ1v) is 5.62. The van der Waals surface area contributed by atoms with E-state index in [1.54, 1.807) is 7.05 Å². The van der Waals surface area contributed by atoms with Crippen molar-refractivity contribution in [1.29, 1.82) is 0 Å². The second-order valence-corrected chi connectivity index (χ2v) is 3.82.